The average molecular weight is 234 g/mol. The third-order valence-electron chi connectivity index (χ3n) is 3.49. The monoisotopic (exact) mass is 234 g/mol. The lowest BCUT2D eigenvalue weighted by atomic mass is 9.86. The molecule has 0 saturated heterocycles. The summed E-state index contributed by atoms with van der Waals surface area (Å²) in [5.74, 6) is 1.04. The van der Waals surface area contributed by atoms with Crippen molar-refractivity contribution in [3.63, 3.8) is 0 Å². The largest absolute Gasteiger partial charge is 0.497 e. The molecule has 0 spiro atoms. The summed E-state index contributed by atoms with van der Waals surface area (Å²) >= 11 is 0. The smallest absolute Gasteiger partial charge is 0.133 e. The molecule has 2 rings (SSSR count). The predicted molar refractivity (Wildman–Crippen MR) is 65.0 cm³/mol. The molecule has 1 aliphatic rings. The molecule has 1 atom stereocenters. The lowest BCUT2D eigenvalue weighted by Gasteiger charge is -2.27. The van der Waals surface area contributed by atoms with E-state index in [1.54, 1.807) is 7.11 Å². The van der Waals surface area contributed by atoms with Crippen LogP contribution in [0.2, 0.25) is 0 Å². The number of hydrogen-bond acceptors (Lipinski definition) is 3. The van der Waals surface area contributed by atoms with Crippen LogP contribution >= 0.6 is 0 Å². The van der Waals surface area contributed by atoms with Crippen molar-refractivity contribution >= 4 is 5.78 Å². The molecule has 1 aliphatic carbocycles. The first-order valence-corrected chi connectivity index (χ1v) is 6.03. The number of carbonyl (C=O) groups excluding carboxylic acids is 1. The van der Waals surface area contributed by atoms with Crippen molar-refractivity contribution < 1.29 is 14.6 Å². The summed E-state index contributed by atoms with van der Waals surface area (Å²) in [5, 5.41) is 10.6. The Morgan fingerprint density at radius 3 is 2.53 bits per heavy atom. The van der Waals surface area contributed by atoms with Gasteiger partial charge in [-0.2, -0.15) is 0 Å². The highest BCUT2D eigenvalue weighted by Gasteiger charge is 2.31. The fourth-order valence-electron chi connectivity index (χ4n) is 2.36. The minimum atomic E-state index is -0.849. The number of hydrogen-bond donors (Lipinski definition) is 1. The number of Topliss-reactive ketones (excluding diaryl/α,β-unsaturated/α-hetero) is 1. The molecule has 0 radical (unpaired) electrons. The van der Waals surface area contributed by atoms with Crippen molar-refractivity contribution in [3.05, 3.63) is 29.8 Å². The maximum absolute atomic E-state index is 11.4. The van der Waals surface area contributed by atoms with E-state index in [1.807, 2.05) is 24.3 Å². The molecule has 1 N–H and O–H groups in total. The summed E-state index contributed by atoms with van der Waals surface area (Å²) in [4.78, 5) is 11.4. The first-order chi connectivity index (χ1) is 8.14. The second-order valence-corrected chi connectivity index (χ2v) is 4.65. The number of aliphatic hydroxyl groups is 1. The summed E-state index contributed by atoms with van der Waals surface area (Å²) in [6, 6.07) is 7.46. The summed E-state index contributed by atoms with van der Waals surface area (Å²) in [5.41, 5.74) is 0.0336. The van der Waals surface area contributed by atoms with Gasteiger partial charge in [0.2, 0.25) is 0 Å². The summed E-state index contributed by atoms with van der Waals surface area (Å²) in [6.07, 6.45) is 3.02. The van der Waals surface area contributed by atoms with E-state index >= 15 is 0 Å². The molecule has 3 nitrogen and oxygen atoms in total. The summed E-state index contributed by atoms with van der Waals surface area (Å²) in [7, 11) is 1.62. The Kier molecular flexibility index (Phi) is 3.48. The second-order valence-electron chi connectivity index (χ2n) is 4.65. The van der Waals surface area contributed by atoms with Gasteiger partial charge >= 0.3 is 0 Å². The number of benzene rings is 1. The molecular weight excluding hydrogens is 216 g/mol. The molecule has 17 heavy (non-hydrogen) atoms. The zero-order valence-corrected chi connectivity index (χ0v) is 10.1. The standard InChI is InChI=1S/C14H18O3/c1-17-13-6-4-11(5-7-13)14(16)9-2-3-12(15)8-10-14/h4-7,16H,2-3,8-10H2,1H3. The second kappa shape index (κ2) is 4.88. The van der Waals surface area contributed by atoms with Gasteiger partial charge in [0, 0.05) is 12.8 Å². The van der Waals surface area contributed by atoms with Crippen LogP contribution in [0.4, 0.5) is 0 Å². The van der Waals surface area contributed by atoms with Gasteiger partial charge in [0.25, 0.3) is 0 Å². The number of ether oxygens (including phenoxy) is 1. The van der Waals surface area contributed by atoms with Crippen molar-refractivity contribution in [2.75, 3.05) is 7.11 Å². The molecule has 0 aliphatic heterocycles. The van der Waals surface area contributed by atoms with Gasteiger partial charge < -0.3 is 9.84 Å². The Balaban J connectivity index is 2.20. The van der Waals surface area contributed by atoms with Crippen LogP contribution in [0.3, 0.4) is 0 Å². The molecule has 1 saturated carbocycles. The van der Waals surface area contributed by atoms with Crippen molar-refractivity contribution in [3.8, 4) is 5.75 Å². The Morgan fingerprint density at radius 1 is 1.18 bits per heavy atom. The number of rotatable bonds is 2. The van der Waals surface area contributed by atoms with Crippen LogP contribution in [-0.2, 0) is 10.4 Å². The van der Waals surface area contributed by atoms with E-state index in [2.05, 4.69) is 0 Å². The fraction of sp³-hybridized carbons (Fsp3) is 0.500. The van der Waals surface area contributed by atoms with Crippen molar-refractivity contribution in [2.24, 2.45) is 0 Å². The predicted octanol–water partition coefficient (Wildman–Crippen LogP) is 2.42. The third kappa shape index (κ3) is 2.67. The molecular formula is C14H18O3. The van der Waals surface area contributed by atoms with Crippen molar-refractivity contribution in [1.82, 2.24) is 0 Å². The highest BCUT2D eigenvalue weighted by atomic mass is 16.5. The molecule has 1 fully saturated rings. The van der Waals surface area contributed by atoms with E-state index in [9.17, 15) is 9.90 Å². The van der Waals surface area contributed by atoms with E-state index < -0.39 is 5.60 Å². The van der Waals surface area contributed by atoms with Gasteiger partial charge in [-0.1, -0.05) is 12.1 Å². The molecule has 0 bridgehead atoms. The van der Waals surface area contributed by atoms with E-state index in [0.29, 0.717) is 25.7 Å². The van der Waals surface area contributed by atoms with Crippen LogP contribution in [-0.4, -0.2) is 18.0 Å². The van der Waals surface area contributed by atoms with E-state index in [1.165, 1.54) is 0 Å². The van der Waals surface area contributed by atoms with Crippen LogP contribution < -0.4 is 4.74 Å². The Labute approximate surface area is 101 Å². The van der Waals surface area contributed by atoms with Crippen LogP contribution in [0, 0.1) is 0 Å². The molecule has 92 valence electrons. The highest BCUT2D eigenvalue weighted by Crippen LogP contribution is 2.35. The number of carbonyl (C=O) groups is 1. The van der Waals surface area contributed by atoms with Crippen molar-refractivity contribution in [1.29, 1.82) is 0 Å². The van der Waals surface area contributed by atoms with Gasteiger partial charge in [0.1, 0.15) is 11.5 Å². The quantitative estimate of drug-likeness (QED) is 0.799. The minimum Gasteiger partial charge on any atom is -0.497 e. The lowest BCUT2D eigenvalue weighted by molar-refractivity contribution is -0.119. The van der Waals surface area contributed by atoms with Gasteiger partial charge in [-0.25, -0.2) is 0 Å². The summed E-state index contributed by atoms with van der Waals surface area (Å²) < 4.78 is 5.10. The minimum absolute atomic E-state index is 0.259. The zero-order chi connectivity index (χ0) is 12.3. The van der Waals surface area contributed by atoms with Gasteiger partial charge in [-0.15, -0.1) is 0 Å². The highest BCUT2D eigenvalue weighted by molar-refractivity contribution is 5.78. The van der Waals surface area contributed by atoms with E-state index in [4.69, 9.17) is 4.74 Å². The number of ketones is 1. The molecule has 0 heterocycles. The topological polar surface area (TPSA) is 46.5 Å². The Bertz CT molecular complexity index is 396. The molecule has 1 aromatic carbocycles. The zero-order valence-electron chi connectivity index (χ0n) is 10.1. The molecule has 0 aromatic heterocycles. The van der Waals surface area contributed by atoms with Crippen LogP contribution in [0.15, 0.2) is 24.3 Å². The van der Waals surface area contributed by atoms with Gasteiger partial charge in [-0.05, 0) is 37.0 Å². The average Bonchev–Trinajstić information content (AvgIpc) is 2.53. The molecule has 1 unspecified atom stereocenters. The molecule has 1 aromatic rings. The SMILES string of the molecule is COc1ccc(C2(O)CCCC(=O)CC2)cc1. The fourth-order valence-corrected chi connectivity index (χ4v) is 2.36. The van der Waals surface area contributed by atoms with Crippen LogP contribution in [0.25, 0.3) is 0 Å². The maximum atomic E-state index is 11.4. The molecule has 0 amide bonds. The number of methoxy groups -OCH3 is 1. The van der Waals surface area contributed by atoms with Gasteiger partial charge in [-0.3, -0.25) is 4.79 Å². The van der Waals surface area contributed by atoms with Crippen LogP contribution in [0.1, 0.15) is 37.7 Å². The molecule has 3 heteroatoms. The van der Waals surface area contributed by atoms with E-state index in [-0.39, 0.29) is 5.78 Å². The Morgan fingerprint density at radius 2 is 1.88 bits per heavy atom. The first-order valence-electron chi connectivity index (χ1n) is 6.03. The lowest BCUT2D eigenvalue weighted by Crippen LogP contribution is -2.24. The van der Waals surface area contributed by atoms with Crippen molar-refractivity contribution in [2.45, 2.75) is 37.7 Å². The van der Waals surface area contributed by atoms with Crippen LogP contribution in [0.5, 0.6) is 5.75 Å². The van der Waals surface area contributed by atoms with Gasteiger partial charge in [0.15, 0.2) is 0 Å². The van der Waals surface area contributed by atoms with E-state index in [0.717, 1.165) is 17.7 Å². The first kappa shape index (κ1) is 12.1. The third-order valence-corrected chi connectivity index (χ3v) is 3.49. The normalized spacial score (nSPS) is 25.4. The summed E-state index contributed by atoms with van der Waals surface area (Å²) in [6.45, 7) is 0. The van der Waals surface area contributed by atoms with Gasteiger partial charge in [0.05, 0.1) is 12.7 Å². The maximum Gasteiger partial charge on any atom is 0.133 e. The Hall–Kier alpha value is -1.35.